The highest BCUT2D eigenvalue weighted by molar-refractivity contribution is 4.93. The summed E-state index contributed by atoms with van der Waals surface area (Å²) in [5.74, 6) is 0. The topological polar surface area (TPSA) is 23.5 Å². The van der Waals surface area contributed by atoms with E-state index in [9.17, 15) is 5.11 Å². The second kappa shape index (κ2) is 5.13. The molecule has 84 valence electrons. The van der Waals surface area contributed by atoms with E-state index in [0.29, 0.717) is 0 Å². The first-order valence-electron chi connectivity index (χ1n) is 6.08. The van der Waals surface area contributed by atoms with Crippen LogP contribution in [0.2, 0.25) is 0 Å². The van der Waals surface area contributed by atoms with Crippen molar-refractivity contribution in [3.8, 4) is 0 Å². The molecule has 0 spiro atoms. The van der Waals surface area contributed by atoms with Gasteiger partial charge < -0.3 is 5.11 Å². The van der Waals surface area contributed by atoms with E-state index >= 15 is 0 Å². The van der Waals surface area contributed by atoms with Gasteiger partial charge in [-0.25, -0.2) is 0 Å². The first-order chi connectivity index (χ1) is 6.65. The highest BCUT2D eigenvalue weighted by atomic mass is 16.3. The largest absolute Gasteiger partial charge is 0.391 e. The molecule has 1 aliphatic rings. The minimum absolute atomic E-state index is 0.0203. The summed E-state index contributed by atoms with van der Waals surface area (Å²) in [4.78, 5) is 2.48. The Morgan fingerprint density at radius 1 is 1.29 bits per heavy atom. The van der Waals surface area contributed by atoms with E-state index in [2.05, 4.69) is 25.7 Å². The fourth-order valence-corrected chi connectivity index (χ4v) is 2.48. The molecule has 0 aromatic carbocycles. The van der Waals surface area contributed by atoms with E-state index in [-0.39, 0.29) is 11.6 Å². The van der Waals surface area contributed by atoms with E-state index in [1.165, 1.54) is 25.9 Å². The molecule has 1 N–H and O–H groups in total. The molecule has 2 atom stereocenters. The maximum atomic E-state index is 10.2. The van der Waals surface area contributed by atoms with Crippen LogP contribution in [0.25, 0.3) is 0 Å². The quantitative estimate of drug-likeness (QED) is 0.735. The third-order valence-corrected chi connectivity index (χ3v) is 3.82. The normalized spacial score (nSPS) is 24.9. The summed E-state index contributed by atoms with van der Waals surface area (Å²) in [5.41, 5.74) is 0.0203. The van der Waals surface area contributed by atoms with Crippen molar-refractivity contribution in [2.75, 3.05) is 13.1 Å². The van der Waals surface area contributed by atoms with E-state index < -0.39 is 0 Å². The molecule has 0 aliphatic carbocycles. The van der Waals surface area contributed by atoms with Crippen LogP contribution in [0.15, 0.2) is 0 Å². The van der Waals surface area contributed by atoms with Crippen LogP contribution in [0, 0.1) is 0 Å². The van der Waals surface area contributed by atoms with Crippen LogP contribution in [-0.4, -0.2) is 34.7 Å². The van der Waals surface area contributed by atoms with Gasteiger partial charge in [0.1, 0.15) is 0 Å². The minimum Gasteiger partial charge on any atom is -0.391 e. The molecule has 1 rings (SSSR count). The Kier molecular flexibility index (Phi) is 4.39. The van der Waals surface area contributed by atoms with Crippen LogP contribution < -0.4 is 0 Å². The Labute approximate surface area is 88.3 Å². The molecule has 1 fully saturated rings. The van der Waals surface area contributed by atoms with Crippen molar-refractivity contribution in [2.24, 2.45) is 0 Å². The molecule has 2 heteroatoms. The van der Waals surface area contributed by atoms with Crippen LogP contribution >= 0.6 is 0 Å². The predicted octanol–water partition coefficient (Wildman–Crippen LogP) is 2.41. The fraction of sp³-hybridized carbons (Fsp3) is 1.00. The van der Waals surface area contributed by atoms with Gasteiger partial charge in [-0.3, -0.25) is 4.90 Å². The van der Waals surface area contributed by atoms with Gasteiger partial charge in [0.05, 0.1) is 6.10 Å². The van der Waals surface area contributed by atoms with Gasteiger partial charge in [0.2, 0.25) is 0 Å². The number of rotatable bonds is 5. The third-order valence-electron chi connectivity index (χ3n) is 3.82. The van der Waals surface area contributed by atoms with Gasteiger partial charge in [-0.15, -0.1) is 0 Å². The van der Waals surface area contributed by atoms with Crippen LogP contribution in [0.3, 0.4) is 0 Å². The number of aliphatic hydroxyl groups is 1. The molecule has 1 saturated heterocycles. The van der Waals surface area contributed by atoms with Gasteiger partial charge in [-0.1, -0.05) is 20.3 Å². The van der Waals surface area contributed by atoms with Crippen molar-refractivity contribution in [2.45, 2.75) is 64.5 Å². The lowest BCUT2D eigenvalue weighted by atomic mass is 9.87. The summed E-state index contributed by atoms with van der Waals surface area (Å²) < 4.78 is 0. The molecular weight excluding hydrogens is 174 g/mol. The lowest BCUT2D eigenvalue weighted by Gasteiger charge is -2.42. The van der Waals surface area contributed by atoms with Crippen LogP contribution in [0.5, 0.6) is 0 Å². The Balaban J connectivity index is 2.62. The molecule has 2 nitrogen and oxygen atoms in total. The highest BCUT2D eigenvalue weighted by Crippen LogP contribution is 2.29. The van der Waals surface area contributed by atoms with Gasteiger partial charge >= 0.3 is 0 Å². The fourth-order valence-electron chi connectivity index (χ4n) is 2.48. The molecule has 0 radical (unpaired) electrons. The maximum Gasteiger partial charge on any atom is 0.0720 e. The van der Waals surface area contributed by atoms with Crippen molar-refractivity contribution in [3.05, 3.63) is 0 Å². The molecular formula is C12H25NO. The molecule has 0 aromatic heterocycles. The van der Waals surface area contributed by atoms with Crippen LogP contribution in [-0.2, 0) is 0 Å². The van der Waals surface area contributed by atoms with Gasteiger partial charge in [-0.05, 0) is 45.7 Å². The van der Waals surface area contributed by atoms with Gasteiger partial charge in [0, 0.05) is 5.54 Å². The first kappa shape index (κ1) is 12.0. The molecule has 1 heterocycles. The monoisotopic (exact) mass is 199 g/mol. The average Bonchev–Trinajstić information content (AvgIpc) is 2.70. The zero-order valence-corrected chi connectivity index (χ0v) is 9.92. The summed E-state index contributed by atoms with van der Waals surface area (Å²) in [7, 11) is 0. The molecule has 0 aromatic rings. The van der Waals surface area contributed by atoms with E-state index in [1.54, 1.807) is 0 Å². The summed E-state index contributed by atoms with van der Waals surface area (Å²) >= 11 is 0. The number of hydrogen-bond donors (Lipinski definition) is 1. The van der Waals surface area contributed by atoms with Crippen molar-refractivity contribution >= 4 is 0 Å². The second-order valence-corrected chi connectivity index (χ2v) is 4.71. The van der Waals surface area contributed by atoms with E-state index in [1.807, 2.05) is 0 Å². The SMILES string of the molecule is CCCC(O)C(C)(CC)N1CCCC1. The second-order valence-electron chi connectivity index (χ2n) is 4.71. The van der Waals surface area contributed by atoms with Crippen molar-refractivity contribution in [1.29, 1.82) is 0 Å². The van der Waals surface area contributed by atoms with Crippen molar-refractivity contribution in [1.82, 2.24) is 4.90 Å². The predicted molar refractivity (Wildman–Crippen MR) is 60.4 cm³/mol. The Morgan fingerprint density at radius 2 is 1.86 bits per heavy atom. The van der Waals surface area contributed by atoms with Crippen molar-refractivity contribution in [3.63, 3.8) is 0 Å². The smallest absolute Gasteiger partial charge is 0.0720 e. The zero-order chi connectivity index (χ0) is 10.6. The number of hydrogen-bond acceptors (Lipinski definition) is 2. The summed E-state index contributed by atoms with van der Waals surface area (Å²) in [6, 6.07) is 0. The molecule has 0 saturated carbocycles. The lowest BCUT2D eigenvalue weighted by Crippen LogP contribution is -2.53. The minimum atomic E-state index is -0.157. The Morgan fingerprint density at radius 3 is 2.29 bits per heavy atom. The number of nitrogens with zero attached hydrogens (tertiary/aromatic N) is 1. The van der Waals surface area contributed by atoms with Gasteiger partial charge in [-0.2, -0.15) is 0 Å². The average molecular weight is 199 g/mol. The molecule has 1 aliphatic heterocycles. The lowest BCUT2D eigenvalue weighted by molar-refractivity contribution is -0.0169. The zero-order valence-electron chi connectivity index (χ0n) is 9.92. The molecule has 2 unspecified atom stereocenters. The first-order valence-corrected chi connectivity index (χ1v) is 6.08. The van der Waals surface area contributed by atoms with Crippen LogP contribution in [0.1, 0.15) is 52.9 Å². The van der Waals surface area contributed by atoms with E-state index in [4.69, 9.17) is 0 Å². The molecule has 14 heavy (non-hydrogen) atoms. The van der Waals surface area contributed by atoms with Gasteiger partial charge in [0.25, 0.3) is 0 Å². The van der Waals surface area contributed by atoms with E-state index in [0.717, 1.165) is 19.3 Å². The molecule has 0 amide bonds. The maximum absolute atomic E-state index is 10.2. The Bertz CT molecular complexity index is 166. The number of aliphatic hydroxyl groups excluding tert-OH is 1. The molecule has 0 bridgehead atoms. The van der Waals surface area contributed by atoms with Crippen LogP contribution in [0.4, 0.5) is 0 Å². The van der Waals surface area contributed by atoms with Crippen molar-refractivity contribution < 1.29 is 5.11 Å². The third kappa shape index (κ3) is 2.29. The highest BCUT2D eigenvalue weighted by Gasteiger charge is 2.37. The summed E-state index contributed by atoms with van der Waals surface area (Å²) in [6.45, 7) is 8.90. The summed E-state index contributed by atoms with van der Waals surface area (Å²) in [5, 5.41) is 10.2. The standard InChI is InChI=1S/C12H25NO/c1-4-8-11(14)12(3,5-2)13-9-6-7-10-13/h11,14H,4-10H2,1-3H3. The van der Waals surface area contributed by atoms with Gasteiger partial charge in [0.15, 0.2) is 0 Å². The number of likely N-dealkylation sites (tertiary alicyclic amines) is 1. The Hall–Kier alpha value is -0.0800. The summed E-state index contributed by atoms with van der Waals surface area (Å²) in [6.07, 6.45) is 5.50.